The van der Waals surface area contributed by atoms with Crippen LogP contribution in [0.1, 0.15) is 79.1 Å². The Morgan fingerprint density at radius 3 is 2.57 bits per heavy atom. The average molecular weight is 296 g/mol. The van der Waals surface area contributed by atoms with Crippen molar-refractivity contribution in [2.75, 3.05) is 19.6 Å². The highest BCUT2D eigenvalue weighted by atomic mass is 16.2. The predicted octanol–water partition coefficient (Wildman–Crippen LogP) is 3.88. The van der Waals surface area contributed by atoms with Crippen molar-refractivity contribution in [2.24, 2.45) is 10.8 Å². The lowest BCUT2D eigenvalue weighted by atomic mass is 9.76. The number of amides is 1. The second-order valence-corrected chi connectivity index (χ2v) is 7.61. The first-order valence-corrected chi connectivity index (χ1v) is 8.95. The number of hydrogen-bond donors (Lipinski definition) is 2. The minimum Gasteiger partial charge on any atom is -0.355 e. The molecule has 0 bridgehead atoms. The lowest BCUT2D eigenvalue weighted by Gasteiger charge is -2.37. The Balaban J connectivity index is 2.49. The summed E-state index contributed by atoms with van der Waals surface area (Å²) in [5.41, 5.74) is 0.0484. The largest absolute Gasteiger partial charge is 0.355 e. The van der Waals surface area contributed by atoms with Crippen molar-refractivity contribution in [3.8, 4) is 0 Å². The van der Waals surface area contributed by atoms with Gasteiger partial charge >= 0.3 is 0 Å². The summed E-state index contributed by atoms with van der Waals surface area (Å²) in [7, 11) is 0. The van der Waals surface area contributed by atoms with Crippen LogP contribution in [0.3, 0.4) is 0 Å². The van der Waals surface area contributed by atoms with Crippen LogP contribution in [0.4, 0.5) is 0 Å². The summed E-state index contributed by atoms with van der Waals surface area (Å²) in [4.78, 5) is 12.7. The van der Waals surface area contributed by atoms with Crippen molar-refractivity contribution in [1.29, 1.82) is 0 Å². The fourth-order valence-corrected chi connectivity index (χ4v) is 3.42. The van der Waals surface area contributed by atoms with Crippen LogP contribution in [0.25, 0.3) is 0 Å². The molecule has 0 saturated carbocycles. The zero-order valence-corrected chi connectivity index (χ0v) is 14.7. The number of carbonyl (C=O) groups is 1. The van der Waals surface area contributed by atoms with Crippen LogP contribution in [0.5, 0.6) is 0 Å². The molecule has 1 unspecified atom stereocenters. The molecule has 0 aromatic carbocycles. The van der Waals surface area contributed by atoms with E-state index < -0.39 is 0 Å². The van der Waals surface area contributed by atoms with E-state index in [9.17, 15) is 4.79 Å². The number of hydrogen-bond acceptors (Lipinski definition) is 2. The van der Waals surface area contributed by atoms with Gasteiger partial charge in [0.1, 0.15) is 0 Å². The average Bonchev–Trinajstić information content (AvgIpc) is 2.46. The third-order valence-corrected chi connectivity index (χ3v) is 4.87. The minimum atomic E-state index is -0.160. The highest BCUT2D eigenvalue weighted by Crippen LogP contribution is 2.32. The lowest BCUT2D eigenvalue weighted by Crippen LogP contribution is -2.51. The summed E-state index contributed by atoms with van der Waals surface area (Å²) in [6.07, 6.45) is 9.25. The topological polar surface area (TPSA) is 41.1 Å². The fraction of sp³-hybridized carbons (Fsp3) is 0.944. The van der Waals surface area contributed by atoms with Crippen LogP contribution >= 0.6 is 0 Å². The van der Waals surface area contributed by atoms with Crippen molar-refractivity contribution in [2.45, 2.75) is 79.1 Å². The summed E-state index contributed by atoms with van der Waals surface area (Å²) in [5.74, 6) is 0.278. The van der Waals surface area contributed by atoms with Gasteiger partial charge in [-0.1, -0.05) is 53.4 Å². The molecular formula is C18H36N2O. The highest BCUT2D eigenvalue weighted by Gasteiger charge is 2.38. The van der Waals surface area contributed by atoms with Crippen LogP contribution in [0.15, 0.2) is 0 Å². The van der Waals surface area contributed by atoms with Gasteiger partial charge in [-0.25, -0.2) is 0 Å². The van der Waals surface area contributed by atoms with Crippen LogP contribution in [-0.2, 0) is 4.79 Å². The zero-order chi connectivity index (χ0) is 15.8. The Morgan fingerprint density at radius 1 is 1.24 bits per heavy atom. The van der Waals surface area contributed by atoms with Crippen molar-refractivity contribution in [1.82, 2.24) is 10.6 Å². The molecule has 3 heteroatoms. The van der Waals surface area contributed by atoms with E-state index in [4.69, 9.17) is 0 Å². The molecule has 0 aromatic heterocycles. The van der Waals surface area contributed by atoms with Crippen LogP contribution < -0.4 is 10.6 Å². The second-order valence-electron chi connectivity index (χ2n) is 7.61. The van der Waals surface area contributed by atoms with Gasteiger partial charge in [0.15, 0.2) is 0 Å². The molecule has 0 radical (unpaired) electrons. The summed E-state index contributed by atoms with van der Waals surface area (Å²) >= 11 is 0. The molecule has 1 fully saturated rings. The van der Waals surface area contributed by atoms with Gasteiger partial charge < -0.3 is 10.6 Å². The Hall–Kier alpha value is -0.570. The van der Waals surface area contributed by atoms with Gasteiger partial charge in [0.05, 0.1) is 5.41 Å². The van der Waals surface area contributed by atoms with Crippen LogP contribution in [0.2, 0.25) is 0 Å². The van der Waals surface area contributed by atoms with Crippen LogP contribution in [0, 0.1) is 10.8 Å². The van der Waals surface area contributed by atoms with E-state index in [1.807, 2.05) is 0 Å². The minimum absolute atomic E-state index is 0.160. The van der Waals surface area contributed by atoms with E-state index in [0.717, 1.165) is 45.3 Å². The molecule has 1 atom stereocenters. The zero-order valence-electron chi connectivity index (χ0n) is 14.7. The maximum atomic E-state index is 12.7. The first kappa shape index (κ1) is 18.5. The molecule has 124 valence electrons. The van der Waals surface area contributed by atoms with E-state index in [-0.39, 0.29) is 16.7 Å². The maximum absolute atomic E-state index is 12.7. The molecule has 1 amide bonds. The smallest absolute Gasteiger partial charge is 0.227 e. The molecule has 0 spiro atoms. The van der Waals surface area contributed by atoms with E-state index in [1.54, 1.807) is 0 Å². The molecule has 3 nitrogen and oxygen atoms in total. The quantitative estimate of drug-likeness (QED) is 0.634. The standard InChI is InChI=1S/C18H36N2O/c1-5-7-8-11-17(3,4)14-20-16(21)18(10-6-2)12-9-13-19-15-18/h19H,5-15H2,1-4H3,(H,20,21). The molecular weight excluding hydrogens is 260 g/mol. The Bertz CT molecular complexity index is 301. The number of carbonyl (C=O) groups excluding carboxylic acids is 1. The van der Waals surface area contributed by atoms with Crippen molar-refractivity contribution in [3.05, 3.63) is 0 Å². The van der Waals surface area contributed by atoms with E-state index in [2.05, 4.69) is 38.3 Å². The van der Waals surface area contributed by atoms with Crippen molar-refractivity contribution in [3.63, 3.8) is 0 Å². The molecule has 0 aliphatic carbocycles. The number of unbranched alkanes of at least 4 members (excludes halogenated alkanes) is 2. The van der Waals surface area contributed by atoms with Crippen molar-refractivity contribution < 1.29 is 4.79 Å². The first-order chi connectivity index (χ1) is 9.96. The van der Waals surface area contributed by atoms with Gasteiger partial charge in [0.2, 0.25) is 5.91 Å². The van der Waals surface area contributed by atoms with Gasteiger partial charge in [-0.3, -0.25) is 4.79 Å². The van der Waals surface area contributed by atoms with Gasteiger partial charge in [-0.05, 0) is 37.6 Å². The molecule has 21 heavy (non-hydrogen) atoms. The van der Waals surface area contributed by atoms with E-state index >= 15 is 0 Å². The summed E-state index contributed by atoms with van der Waals surface area (Å²) in [6.45, 7) is 11.7. The highest BCUT2D eigenvalue weighted by molar-refractivity contribution is 5.83. The second kappa shape index (κ2) is 8.77. The Labute approximate surface area is 131 Å². The van der Waals surface area contributed by atoms with Gasteiger partial charge in [0, 0.05) is 13.1 Å². The van der Waals surface area contributed by atoms with Gasteiger partial charge in [0.25, 0.3) is 0 Å². The Kier molecular flexibility index (Phi) is 7.72. The SMILES string of the molecule is CCCCCC(C)(C)CNC(=O)C1(CCC)CCCNC1. The lowest BCUT2D eigenvalue weighted by molar-refractivity contribution is -0.133. The van der Waals surface area contributed by atoms with E-state index in [1.165, 1.54) is 25.7 Å². The third-order valence-electron chi connectivity index (χ3n) is 4.87. The van der Waals surface area contributed by atoms with E-state index in [0.29, 0.717) is 0 Å². The van der Waals surface area contributed by atoms with Crippen LogP contribution in [-0.4, -0.2) is 25.5 Å². The van der Waals surface area contributed by atoms with Crippen molar-refractivity contribution >= 4 is 5.91 Å². The predicted molar refractivity (Wildman–Crippen MR) is 90.4 cm³/mol. The monoisotopic (exact) mass is 296 g/mol. The summed E-state index contributed by atoms with van der Waals surface area (Å²) < 4.78 is 0. The normalized spacial score (nSPS) is 23.0. The molecule has 1 rings (SSSR count). The Morgan fingerprint density at radius 2 is 2.00 bits per heavy atom. The molecule has 1 heterocycles. The molecule has 1 aliphatic rings. The molecule has 2 N–H and O–H groups in total. The molecule has 1 saturated heterocycles. The van der Waals surface area contributed by atoms with Gasteiger partial charge in [-0.15, -0.1) is 0 Å². The van der Waals surface area contributed by atoms with Gasteiger partial charge in [-0.2, -0.15) is 0 Å². The fourth-order valence-electron chi connectivity index (χ4n) is 3.42. The molecule has 1 aliphatic heterocycles. The summed E-state index contributed by atoms with van der Waals surface area (Å²) in [6, 6.07) is 0. The number of rotatable bonds is 9. The third kappa shape index (κ3) is 5.98. The summed E-state index contributed by atoms with van der Waals surface area (Å²) in [5, 5.41) is 6.69. The molecule has 0 aromatic rings. The number of piperidine rings is 1. The first-order valence-electron chi connectivity index (χ1n) is 8.95. The number of nitrogens with one attached hydrogen (secondary N) is 2. The maximum Gasteiger partial charge on any atom is 0.227 e.